The number of amides is 3. The Balaban J connectivity index is 1.49. The monoisotopic (exact) mass is 443 g/mol. The Labute approximate surface area is 184 Å². The average molecular weight is 444 g/mol. The van der Waals surface area contributed by atoms with Gasteiger partial charge in [-0.05, 0) is 43.2 Å². The third-order valence-corrected chi connectivity index (χ3v) is 5.43. The number of hydrazine groups is 1. The number of esters is 1. The van der Waals surface area contributed by atoms with Gasteiger partial charge in [0.25, 0.3) is 11.8 Å². The molecule has 162 valence electrons. The topological polar surface area (TPSA) is 105 Å². The maximum absolute atomic E-state index is 12.4. The Hall–Kier alpha value is -3.39. The van der Waals surface area contributed by atoms with Crippen LogP contribution in [0.1, 0.15) is 27.9 Å². The van der Waals surface area contributed by atoms with Gasteiger partial charge < -0.3 is 9.64 Å². The second kappa shape index (κ2) is 9.61. The summed E-state index contributed by atoms with van der Waals surface area (Å²) in [6, 6.07) is 12.0. The standard InChI is InChI=1S/C22H22ClN3O5/c1-13-6-5-9-18(14(13)2)26-11-15(10-20(26)28)22(30)31-12-19(27)24-25-21(29)16-7-3-4-8-17(16)23/h3-9,15H,10-12H2,1-2H3,(H,24,27)(H,25,29)/t15-/m1/s1. The first kappa shape index (κ1) is 22.3. The lowest BCUT2D eigenvalue weighted by Crippen LogP contribution is -2.44. The van der Waals surface area contributed by atoms with Crippen molar-refractivity contribution in [2.45, 2.75) is 20.3 Å². The van der Waals surface area contributed by atoms with Gasteiger partial charge in [-0.2, -0.15) is 0 Å². The second-order valence-corrected chi connectivity index (χ2v) is 7.62. The number of nitrogens with one attached hydrogen (secondary N) is 2. The van der Waals surface area contributed by atoms with Crippen LogP contribution < -0.4 is 15.8 Å². The Morgan fingerprint density at radius 1 is 1.10 bits per heavy atom. The Kier molecular flexibility index (Phi) is 6.91. The van der Waals surface area contributed by atoms with Crippen molar-refractivity contribution < 1.29 is 23.9 Å². The largest absolute Gasteiger partial charge is 0.455 e. The minimum atomic E-state index is -0.718. The zero-order valence-electron chi connectivity index (χ0n) is 17.1. The molecule has 1 aliphatic heterocycles. The van der Waals surface area contributed by atoms with E-state index in [1.54, 1.807) is 23.1 Å². The van der Waals surface area contributed by atoms with Crippen molar-refractivity contribution in [3.63, 3.8) is 0 Å². The van der Waals surface area contributed by atoms with Crippen molar-refractivity contribution in [1.82, 2.24) is 10.9 Å². The smallest absolute Gasteiger partial charge is 0.311 e. The van der Waals surface area contributed by atoms with Gasteiger partial charge in [0, 0.05) is 18.7 Å². The number of aryl methyl sites for hydroxylation is 1. The third-order valence-electron chi connectivity index (χ3n) is 5.10. The van der Waals surface area contributed by atoms with Gasteiger partial charge in [-0.3, -0.25) is 30.0 Å². The number of rotatable bonds is 5. The summed E-state index contributed by atoms with van der Waals surface area (Å²) in [5.74, 6) is -2.81. The predicted molar refractivity (Wildman–Crippen MR) is 114 cm³/mol. The number of carbonyl (C=O) groups is 4. The van der Waals surface area contributed by atoms with E-state index in [9.17, 15) is 19.2 Å². The molecule has 0 radical (unpaired) electrons. The molecule has 0 spiro atoms. The van der Waals surface area contributed by atoms with E-state index in [4.69, 9.17) is 16.3 Å². The molecule has 2 aromatic rings. The molecule has 1 aliphatic rings. The maximum Gasteiger partial charge on any atom is 0.311 e. The molecular formula is C22H22ClN3O5. The molecule has 2 N–H and O–H groups in total. The SMILES string of the molecule is Cc1cccc(N2C[C@H](C(=O)OCC(=O)NNC(=O)c3ccccc3Cl)CC2=O)c1C. The van der Waals surface area contributed by atoms with Crippen LogP contribution in [0.2, 0.25) is 5.02 Å². The quantitative estimate of drug-likeness (QED) is 0.545. The molecule has 8 nitrogen and oxygen atoms in total. The summed E-state index contributed by atoms with van der Waals surface area (Å²) in [7, 11) is 0. The summed E-state index contributed by atoms with van der Waals surface area (Å²) in [4.78, 5) is 50.2. The molecule has 0 unspecified atom stereocenters. The minimum Gasteiger partial charge on any atom is -0.455 e. The molecule has 0 aromatic heterocycles. The lowest BCUT2D eigenvalue weighted by atomic mass is 10.1. The van der Waals surface area contributed by atoms with Crippen molar-refractivity contribution in [1.29, 1.82) is 0 Å². The highest BCUT2D eigenvalue weighted by molar-refractivity contribution is 6.33. The fraction of sp³-hybridized carbons (Fsp3) is 0.273. The van der Waals surface area contributed by atoms with Crippen LogP contribution in [-0.4, -0.2) is 36.8 Å². The second-order valence-electron chi connectivity index (χ2n) is 7.21. The summed E-state index contributed by atoms with van der Waals surface area (Å²) >= 11 is 5.92. The first-order chi connectivity index (χ1) is 14.8. The number of hydrogen-bond acceptors (Lipinski definition) is 5. The van der Waals surface area contributed by atoms with Gasteiger partial charge in [0.15, 0.2) is 6.61 Å². The van der Waals surface area contributed by atoms with Gasteiger partial charge >= 0.3 is 5.97 Å². The van der Waals surface area contributed by atoms with Crippen molar-refractivity contribution in [2.75, 3.05) is 18.1 Å². The number of halogens is 1. The van der Waals surface area contributed by atoms with Crippen LogP contribution in [0.15, 0.2) is 42.5 Å². The highest BCUT2D eigenvalue weighted by Gasteiger charge is 2.37. The van der Waals surface area contributed by atoms with E-state index in [0.717, 1.165) is 16.8 Å². The van der Waals surface area contributed by atoms with Crippen molar-refractivity contribution in [3.8, 4) is 0 Å². The molecule has 1 atom stereocenters. The normalized spacial score (nSPS) is 15.5. The number of benzene rings is 2. The van der Waals surface area contributed by atoms with Crippen LogP contribution in [0.25, 0.3) is 0 Å². The third kappa shape index (κ3) is 5.21. The zero-order valence-corrected chi connectivity index (χ0v) is 17.9. The van der Waals surface area contributed by atoms with E-state index in [-0.39, 0.29) is 29.5 Å². The van der Waals surface area contributed by atoms with E-state index in [1.165, 1.54) is 6.07 Å². The highest BCUT2D eigenvalue weighted by Crippen LogP contribution is 2.29. The number of nitrogens with zero attached hydrogens (tertiary/aromatic N) is 1. The van der Waals surface area contributed by atoms with Gasteiger partial charge in [-0.1, -0.05) is 35.9 Å². The molecule has 1 fully saturated rings. The van der Waals surface area contributed by atoms with Crippen LogP contribution in [0.3, 0.4) is 0 Å². The molecule has 3 rings (SSSR count). The lowest BCUT2D eigenvalue weighted by molar-refractivity contribution is -0.152. The van der Waals surface area contributed by atoms with Gasteiger partial charge in [-0.25, -0.2) is 0 Å². The summed E-state index contributed by atoms with van der Waals surface area (Å²) in [5.41, 5.74) is 7.34. The van der Waals surface area contributed by atoms with E-state index in [2.05, 4.69) is 10.9 Å². The summed E-state index contributed by atoms with van der Waals surface area (Å²) in [6.45, 7) is 3.47. The first-order valence-corrected chi connectivity index (χ1v) is 10.0. The first-order valence-electron chi connectivity index (χ1n) is 9.65. The van der Waals surface area contributed by atoms with E-state index >= 15 is 0 Å². The minimum absolute atomic E-state index is 0.0110. The highest BCUT2D eigenvalue weighted by atomic mass is 35.5. The number of carbonyl (C=O) groups excluding carboxylic acids is 4. The van der Waals surface area contributed by atoms with Gasteiger partial charge in [0.2, 0.25) is 5.91 Å². The number of ether oxygens (including phenoxy) is 1. The molecule has 0 aliphatic carbocycles. The summed E-state index contributed by atoms with van der Waals surface area (Å²) in [5, 5.41) is 0.236. The molecule has 31 heavy (non-hydrogen) atoms. The summed E-state index contributed by atoms with van der Waals surface area (Å²) in [6.07, 6.45) is 0.0110. The Morgan fingerprint density at radius 3 is 2.58 bits per heavy atom. The molecule has 2 aromatic carbocycles. The van der Waals surface area contributed by atoms with Crippen LogP contribution in [0.5, 0.6) is 0 Å². The van der Waals surface area contributed by atoms with Gasteiger partial charge in [-0.15, -0.1) is 0 Å². The van der Waals surface area contributed by atoms with Crippen LogP contribution in [-0.2, 0) is 19.1 Å². The van der Waals surface area contributed by atoms with Gasteiger partial charge in [0.05, 0.1) is 16.5 Å². The van der Waals surface area contributed by atoms with E-state index in [0.29, 0.717) is 0 Å². The molecule has 1 saturated heterocycles. The fourth-order valence-electron chi connectivity index (χ4n) is 3.26. The van der Waals surface area contributed by atoms with Gasteiger partial charge in [0.1, 0.15) is 0 Å². The van der Waals surface area contributed by atoms with Crippen LogP contribution in [0.4, 0.5) is 5.69 Å². The zero-order chi connectivity index (χ0) is 22.5. The van der Waals surface area contributed by atoms with Crippen molar-refractivity contribution >= 4 is 41.0 Å². The number of anilines is 1. The van der Waals surface area contributed by atoms with Crippen LogP contribution in [0, 0.1) is 19.8 Å². The molecule has 3 amide bonds. The average Bonchev–Trinajstić information content (AvgIpc) is 3.14. The van der Waals surface area contributed by atoms with E-state index in [1.807, 2.05) is 32.0 Å². The Morgan fingerprint density at radius 2 is 1.84 bits per heavy atom. The Bertz CT molecular complexity index is 1040. The predicted octanol–water partition coefficient (Wildman–Crippen LogP) is 2.31. The molecule has 9 heteroatoms. The van der Waals surface area contributed by atoms with Crippen molar-refractivity contribution in [3.05, 3.63) is 64.2 Å². The molecule has 0 saturated carbocycles. The number of hydrogen-bond donors (Lipinski definition) is 2. The van der Waals surface area contributed by atoms with E-state index < -0.39 is 30.3 Å². The fourth-order valence-corrected chi connectivity index (χ4v) is 3.48. The maximum atomic E-state index is 12.4. The molecule has 0 bridgehead atoms. The lowest BCUT2D eigenvalue weighted by Gasteiger charge is -2.20. The molecule has 1 heterocycles. The van der Waals surface area contributed by atoms with Crippen molar-refractivity contribution in [2.24, 2.45) is 5.92 Å². The van der Waals surface area contributed by atoms with Crippen LogP contribution >= 0.6 is 11.6 Å². The molecular weight excluding hydrogens is 422 g/mol. The summed E-state index contributed by atoms with van der Waals surface area (Å²) < 4.78 is 5.03.